The molecule has 0 saturated carbocycles. The van der Waals surface area contributed by atoms with Crippen molar-refractivity contribution < 1.29 is 0 Å². The number of rotatable bonds is 3. The summed E-state index contributed by atoms with van der Waals surface area (Å²) in [5.74, 6) is 5.17. The van der Waals surface area contributed by atoms with Crippen LogP contribution >= 0.6 is 11.3 Å². The van der Waals surface area contributed by atoms with Crippen LogP contribution in [0.2, 0.25) is 0 Å². The van der Waals surface area contributed by atoms with Gasteiger partial charge in [-0.15, -0.1) is 10.2 Å². The van der Waals surface area contributed by atoms with E-state index in [1.165, 1.54) is 22.1 Å². The van der Waals surface area contributed by atoms with Gasteiger partial charge in [-0.2, -0.15) is 0 Å². The molecule has 0 aliphatic carbocycles. The Labute approximate surface area is 99.1 Å². The average Bonchev–Trinajstić information content (AvgIpc) is 2.73. The Balaban J connectivity index is 2.33. The van der Waals surface area contributed by atoms with Gasteiger partial charge in [0.1, 0.15) is 5.01 Å². The molecule has 0 aliphatic heterocycles. The molecule has 0 bridgehead atoms. The maximum atomic E-state index is 11.5. The number of aryl methyl sites for hydroxylation is 1. The molecule has 0 aliphatic rings. The van der Waals surface area contributed by atoms with Crippen LogP contribution in [0.15, 0.2) is 15.8 Å². The normalized spacial score (nSPS) is 10.5. The van der Waals surface area contributed by atoms with Gasteiger partial charge in [-0.3, -0.25) is 19.8 Å². The Bertz CT molecular complexity index is 642. The van der Waals surface area contributed by atoms with Crippen molar-refractivity contribution in [1.82, 2.24) is 19.7 Å². The van der Waals surface area contributed by atoms with Gasteiger partial charge in [0.05, 0.1) is 6.54 Å². The van der Waals surface area contributed by atoms with E-state index in [1.54, 1.807) is 6.92 Å². The molecule has 2 aromatic heterocycles. The van der Waals surface area contributed by atoms with Crippen LogP contribution < -0.4 is 22.5 Å². The molecule has 17 heavy (non-hydrogen) atoms. The van der Waals surface area contributed by atoms with Crippen LogP contribution in [-0.4, -0.2) is 19.7 Å². The number of aromatic nitrogens is 4. The molecule has 0 unspecified atom stereocenters. The number of anilines is 1. The number of nitrogen functional groups attached to an aromatic ring is 1. The van der Waals surface area contributed by atoms with Gasteiger partial charge in [0.2, 0.25) is 5.13 Å². The molecular formula is C8H10N6O2S. The molecular weight excluding hydrogens is 244 g/mol. The zero-order valence-electron chi connectivity index (χ0n) is 8.93. The van der Waals surface area contributed by atoms with E-state index in [2.05, 4.69) is 20.6 Å². The predicted octanol–water partition coefficient (Wildman–Crippen LogP) is -0.970. The van der Waals surface area contributed by atoms with Crippen LogP contribution in [0, 0.1) is 6.92 Å². The number of H-pyrrole nitrogens is 1. The van der Waals surface area contributed by atoms with E-state index in [1.807, 2.05) is 0 Å². The quantitative estimate of drug-likeness (QED) is 0.479. The van der Waals surface area contributed by atoms with Crippen LogP contribution in [0.5, 0.6) is 0 Å². The lowest BCUT2D eigenvalue weighted by Gasteiger charge is -2.02. The molecule has 8 nitrogen and oxygen atoms in total. The first-order valence-corrected chi connectivity index (χ1v) is 5.51. The first-order chi connectivity index (χ1) is 8.10. The molecule has 0 radical (unpaired) electrons. The summed E-state index contributed by atoms with van der Waals surface area (Å²) in [6.07, 6.45) is 1.48. The third-order valence-corrected chi connectivity index (χ3v) is 2.92. The molecule has 4 N–H and O–H groups in total. The first-order valence-electron chi connectivity index (χ1n) is 4.69. The zero-order chi connectivity index (χ0) is 12.4. The largest absolute Gasteiger partial charge is 0.328 e. The van der Waals surface area contributed by atoms with Crippen molar-refractivity contribution >= 4 is 16.5 Å². The summed E-state index contributed by atoms with van der Waals surface area (Å²) in [6, 6.07) is 0. The number of hydrogen-bond acceptors (Lipinski definition) is 7. The number of nitrogens with two attached hydrogens (primary N) is 1. The standard InChI is InChI=1S/C8H10N6O2S/c1-4-2-14(8(16)10-6(4)15)3-5-12-13-7(11-9)17-5/h2H,3,9H2,1H3,(H,11,13)(H,10,15,16). The minimum Gasteiger partial charge on any atom is -0.298 e. The lowest BCUT2D eigenvalue weighted by molar-refractivity contribution is 0.703. The van der Waals surface area contributed by atoms with Crippen molar-refractivity contribution in [2.24, 2.45) is 5.84 Å². The predicted molar refractivity (Wildman–Crippen MR) is 62.9 cm³/mol. The van der Waals surface area contributed by atoms with Crippen molar-refractivity contribution in [2.75, 3.05) is 5.43 Å². The van der Waals surface area contributed by atoms with Gasteiger partial charge >= 0.3 is 5.69 Å². The van der Waals surface area contributed by atoms with E-state index in [9.17, 15) is 9.59 Å². The smallest absolute Gasteiger partial charge is 0.298 e. The van der Waals surface area contributed by atoms with Gasteiger partial charge in [0.15, 0.2) is 0 Å². The van der Waals surface area contributed by atoms with Crippen LogP contribution in [0.25, 0.3) is 0 Å². The van der Waals surface area contributed by atoms with Gasteiger partial charge in [0.25, 0.3) is 5.56 Å². The van der Waals surface area contributed by atoms with E-state index in [0.29, 0.717) is 15.7 Å². The Kier molecular flexibility index (Phi) is 3.02. The van der Waals surface area contributed by atoms with Crippen LogP contribution in [0.1, 0.15) is 10.6 Å². The fraction of sp³-hybridized carbons (Fsp3) is 0.250. The Morgan fingerprint density at radius 3 is 2.94 bits per heavy atom. The topological polar surface area (TPSA) is 119 Å². The molecule has 9 heteroatoms. The van der Waals surface area contributed by atoms with Crippen LogP contribution in [0.3, 0.4) is 0 Å². The Hall–Kier alpha value is -2.00. The van der Waals surface area contributed by atoms with E-state index >= 15 is 0 Å². The third-order valence-electron chi connectivity index (χ3n) is 2.08. The van der Waals surface area contributed by atoms with Crippen molar-refractivity contribution in [3.8, 4) is 0 Å². The van der Waals surface area contributed by atoms with Crippen molar-refractivity contribution in [1.29, 1.82) is 0 Å². The van der Waals surface area contributed by atoms with E-state index in [4.69, 9.17) is 5.84 Å². The summed E-state index contributed by atoms with van der Waals surface area (Å²) in [5.41, 5.74) is 1.98. The van der Waals surface area contributed by atoms with E-state index in [-0.39, 0.29) is 12.1 Å². The molecule has 0 saturated heterocycles. The van der Waals surface area contributed by atoms with E-state index in [0.717, 1.165) is 0 Å². The highest BCUT2D eigenvalue weighted by atomic mass is 32.1. The van der Waals surface area contributed by atoms with Crippen molar-refractivity contribution in [3.63, 3.8) is 0 Å². The maximum absolute atomic E-state index is 11.5. The minimum atomic E-state index is -0.474. The molecule has 2 heterocycles. The SMILES string of the molecule is Cc1cn(Cc2nnc(NN)s2)c(=O)[nH]c1=O. The lowest BCUT2D eigenvalue weighted by atomic mass is 10.4. The number of aromatic amines is 1. The van der Waals surface area contributed by atoms with Crippen molar-refractivity contribution in [2.45, 2.75) is 13.5 Å². The zero-order valence-corrected chi connectivity index (χ0v) is 9.74. The number of hydrazine groups is 1. The van der Waals surface area contributed by atoms with Gasteiger partial charge in [-0.1, -0.05) is 11.3 Å². The highest BCUT2D eigenvalue weighted by Crippen LogP contribution is 2.13. The molecule has 0 aromatic carbocycles. The first kappa shape index (κ1) is 11.5. The lowest BCUT2D eigenvalue weighted by Crippen LogP contribution is -2.31. The highest BCUT2D eigenvalue weighted by molar-refractivity contribution is 7.15. The van der Waals surface area contributed by atoms with Gasteiger partial charge in [-0.25, -0.2) is 10.6 Å². The second-order valence-corrected chi connectivity index (χ2v) is 4.41. The summed E-state index contributed by atoms with van der Waals surface area (Å²) in [4.78, 5) is 24.9. The molecule has 0 spiro atoms. The van der Waals surface area contributed by atoms with Crippen LogP contribution in [-0.2, 0) is 6.54 Å². The van der Waals surface area contributed by atoms with Crippen LogP contribution in [0.4, 0.5) is 5.13 Å². The van der Waals surface area contributed by atoms with Crippen molar-refractivity contribution in [3.05, 3.63) is 37.6 Å². The summed E-state index contributed by atoms with van der Waals surface area (Å²) >= 11 is 1.24. The number of nitrogens with zero attached hydrogens (tertiary/aromatic N) is 3. The highest BCUT2D eigenvalue weighted by Gasteiger charge is 2.06. The van der Waals surface area contributed by atoms with Gasteiger partial charge in [-0.05, 0) is 6.92 Å². The number of nitrogens with one attached hydrogen (secondary N) is 2. The number of hydrogen-bond donors (Lipinski definition) is 3. The summed E-state index contributed by atoms with van der Waals surface area (Å²) in [6.45, 7) is 1.87. The molecule has 2 rings (SSSR count). The second-order valence-electron chi connectivity index (χ2n) is 3.34. The Morgan fingerprint density at radius 2 is 2.29 bits per heavy atom. The molecule has 2 aromatic rings. The summed E-state index contributed by atoms with van der Waals surface area (Å²) < 4.78 is 1.36. The minimum absolute atomic E-state index is 0.246. The molecule has 0 atom stereocenters. The summed E-state index contributed by atoms with van der Waals surface area (Å²) in [7, 11) is 0. The average molecular weight is 254 g/mol. The van der Waals surface area contributed by atoms with Gasteiger partial charge in [0, 0.05) is 11.8 Å². The third kappa shape index (κ3) is 2.40. The molecule has 0 amide bonds. The summed E-state index contributed by atoms with van der Waals surface area (Å²) in [5, 5.41) is 8.68. The second kappa shape index (κ2) is 4.47. The fourth-order valence-corrected chi connectivity index (χ4v) is 1.91. The Morgan fingerprint density at radius 1 is 1.53 bits per heavy atom. The van der Waals surface area contributed by atoms with Gasteiger partial charge < -0.3 is 0 Å². The van der Waals surface area contributed by atoms with E-state index < -0.39 is 5.69 Å². The maximum Gasteiger partial charge on any atom is 0.328 e. The monoisotopic (exact) mass is 254 g/mol. The molecule has 0 fully saturated rings. The molecule has 90 valence electrons. The fourth-order valence-electron chi connectivity index (χ4n) is 1.26.